The molecule has 374 valence electrons. The predicted octanol–water partition coefficient (Wildman–Crippen LogP) is 6.40. The van der Waals surface area contributed by atoms with Gasteiger partial charge in [-0.15, -0.1) is 24.5 Å². The molecule has 5 aliphatic heterocycles. The number of piperazine rings is 1. The third-order valence-corrected chi connectivity index (χ3v) is 16.2. The number of ether oxygens (including phenoxy) is 1. The molecule has 0 spiro atoms. The first kappa shape index (κ1) is 47.4. The molecule has 3 saturated heterocycles. The molecule has 2 atom stereocenters. The van der Waals surface area contributed by atoms with Gasteiger partial charge in [0.1, 0.15) is 23.4 Å². The molecule has 11 rings (SSSR count). The number of hydrogen-bond acceptors (Lipinski definition) is 15. The van der Waals surface area contributed by atoms with Crippen LogP contribution in [0.5, 0.6) is 5.88 Å². The van der Waals surface area contributed by atoms with Crippen molar-refractivity contribution in [3.63, 3.8) is 0 Å². The molecule has 5 aromatic rings. The fourth-order valence-electron chi connectivity index (χ4n) is 11.4. The second kappa shape index (κ2) is 18.9. The van der Waals surface area contributed by atoms with E-state index in [2.05, 4.69) is 51.9 Å². The largest absolute Gasteiger partial charge is 0.574 e. The molecule has 0 bridgehead atoms. The van der Waals surface area contributed by atoms with Crippen molar-refractivity contribution < 1.29 is 47.0 Å². The summed E-state index contributed by atoms with van der Waals surface area (Å²) < 4.78 is 45.5. The number of aliphatic hydroxyl groups is 1. The molecular formula is C51H51F3N10O7S. The average Bonchev–Trinajstić information content (AvgIpc) is 3.88. The van der Waals surface area contributed by atoms with Crippen LogP contribution in [0.15, 0.2) is 61.1 Å². The number of imide groups is 2. The van der Waals surface area contributed by atoms with Crippen molar-refractivity contribution in [1.82, 2.24) is 30.1 Å². The average molecular weight is 1010 g/mol. The normalized spacial score (nSPS) is 20.9. The summed E-state index contributed by atoms with van der Waals surface area (Å²) in [6.07, 6.45) is 6.11. The van der Waals surface area contributed by atoms with E-state index in [0.717, 1.165) is 93.1 Å². The number of rotatable bonds is 10. The Hall–Kier alpha value is -6.97. The first-order valence-electron chi connectivity index (χ1n) is 24.4. The number of nitrogens with one attached hydrogen (secondary N) is 2. The number of benzene rings is 1. The minimum atomic E-state index is -5.04. The summed E-state index contributed by atoms with van der Waals surface area (Å²) in [6.45, 7) is 5.83. The summed E-state index contributed by atoms with van der Waals surface area (Å²) >= 11 is 1.54. The van der Waals surface area contributed by atoms with Crippen molar-refractivity contribution in [1.29, 1.82) is 0 Å². The molecule has 17 nitrogen and oxygen atoms in total. The van der Waals surface area contributed by atoms with Gasteiger partial charge >= 0.3 is 6.36 Å². The van der Waals surface area contributed by atoms with Crippen molar-refractivity contribution in [3.05, 3.63) is 98.6 Å². The fourth-order valence-corrected chi connectivity index (χ4v) is 12.7. The highest BCUT2D eigenvalue weighted by atomic mass is 32.1. The van der Waals surface area contributed by atoms with Crippen LogP contribution in [-0.4, -0.2) is 123 Å². The molecule has 3 fully saturated rings. The van der Waals surface area contributed by atoms with E-state index < -0.39 is 48.5 Å². The number of nitrogens with zero attached hydrogens (tertiary/aromatic N) is 8. The van der Waals surface area contributed by atoms with Crippen LogP contribution in [0.2, 0.25) is 0 Å². The number of alkyl halides is 3. The maximum absolute atomic E-state index is 14.0. The van der Waals surface area contributed by atoms with Crippen LogP contribution < -0.4 is 30.1 Å². The summed E-state index contributed by atoms with van der Waals surface area (Å²) in [5.74, 6) is -2.48. The van der Waals surface area contributed by atoms with Crippen LogP contribution in [0.25, 0.3) is 11.1 Å². The van der Waals surface area contributed by atoms with Crippen LogP contribution in [0.4, 0.5) is 41.9 Å². The predicted molar refractivity (Wildman–Crippen MR) is 261 cm³/mol. The van der Waals surface area contributed by atoms with Crippen LogP contribution in [0, 0.1) is 0 Å². The zero-order chi connectivity index (χ0) is 50.0. The number of pyridine rings is 3. The van der Waals surface area contributed by atoms with E-state index >= 15 is 0 Å². The summed E-state index contributed by atoms with van der Waals surface area (Å²) in [5.41, 5.74) is 5.64. The number of anilines is 5. The van der Waals surface area contributed by atoms with Gasteiger partial charge in [0.15, 0.2) is 0 Å². The Labute approximate surface area is 416 Å². The molecule has 9 heterocycles. The lowest BCUT2D eigenvalue weighted by molar-refractivity contribution is -0.275. The van der Waals surface area contributed by atoms with E-state index in [0.29, 0.717) is 40.6 Å². The maximum Gasteiger partial charge on any atom is 0.574 e. The molecule has 3 N–H and O–H groups in total. The van der Waals surface area contributed by atoms with Crippen molar-refractivity contribution in [2.24, 2.45) is 0 Å². The number of aryl methyl sites for hydroxylation is 1. The van der Waals surface area contributed by atoms with Crippen molar-refractivity contribution in [3.8, 4) is 17.0 Å². The summed E-state index contributed by atoms with van der Waals surface area (Å²) in [5, 5.41) is 16.0. The molecular weight excluding hydrogens is 954 g/mol. The Morgan fingerprint density at radius 3 is 2.35 bits per heavy atom. The van der Waals surface area contributed by atoms with Gasteiger partial charge in [-0.25, -0.2) is 15.0 Å². The summed E-state index contributed by atoms with van der Waals surface area (Å²) in [4.78, 5) is 89.5. The van der Waals surface area contributed by atoms with Crippen molar-refractivity contribution >= 4 is 69.6 Å². The minimum absolute atomic E-state index is 0.0559. The van der Waals surface area contributed by atoms with Crippen molar-refractivity contribution in [2.75, 3.05) is 59.3 Å². The van der Waals surface area contributed by atoms with Crippen LogP contribution in [0.3, 0.4) is 0 Å². The Morgan fingerprint density at radius 2 is 1.60 bits per heavy atom. The second-order valence-corrected chi connectivity index (χ2v) is 20.2. The third kappa shape index (κ3) is 8.80. The van der Waals surface area contributed by atoms with Gasteiger partial charge < -0.3 is 25.0 Å². The van der Waals surface area contributed by atoms with E-state index in [1.807, 2.05) is 12.1 Å². The number of amides is 5. The minimum Gasteiger partial charge on any atom is -0.392 e. The molecule has 1 aliphatic carbocycles. The second-order valence-electron chi connectivity index (χ2n) is 19.1. The smallest absolute Gasteiger partial charge is 0.392 e. The number of hydrogen-bond donors (Lipinski definition) is 3. The first-order valence-corrected chi connectivity index (χ1v) is 25.2. The molecule has 0 radical (unpaired) electrons. The van der Waals surface area contributed by atoms with Gasteiger partial charge in [0.2, 0.25) is 17.7 Å². The third-order valence-electron chi connectivity index (χ3n) is 14.9. The zero-order valence-corrected chi connectivity index (χ0v) is 40.2. The van der Waals surface area contributed by atoms with Crippen LogP contribution in [0.1, 0.15) is 97.4 Å². The number of aromatic nitrogens is 3. The van der Waals surface area contributed by atoms with Crippen molar-refractivity contribution in [2.45, 2.75) is 95.8 Å². The van der Waals surface area contributed by atoms with Gasteiger partial charge in [0, 0.05) is 91.9 Å². The maximum atomic E-state index is 14.0. The van der Waals surface area contributed by atoms with Crippen LogP contribution >= 0.6 is 11.3 Å². The Morgan fingerprint density at radius 1 is 0.806 bits per heavy atom. The van der Waals surface area contributed by atoms with E-state index in [1.165, 1.54) is 28.9 Å². The van der Waals surface area contributed by atoms with E-state index in [1.54, 1.807) is 46.7 Å². The molecule has 4 aromatic heterocycles. The zero-order valence-electron chi connectivity index (χ0n) is 39.3. The Balaban J connectivity index is 0.738. The standard InChI is InChI=1S/C51H51F3N10O7S/c1-28-26-61(30-13-17-60(18-14-30)31-6-8-36-37(23-31)49(69)64(48(36)68)40-9-11-43(66)59-46(40)67)20-21-62(28)32-7-10-42(56-25-32)58-39-22-29(24-57-47(39)71-51(52,53)54)33-12-16-55-45(38(33)27-65)63-19-15-35-34-4-2-3-5-41(34)72-44(35)50(63)70/h6-8,10,12,16,22-25,28,30,40,65H,2-5,9,11,13-15,17-21,26-27H2,1H3,(H,56,58)(H,59,66,67)/t28-,40?/m0/s1. The fraction of sp³-hybridized carbons (Fsp3) is 0.412. The number of aliphatic hydroxyl groups excluding tert-OH is 1. The van der Waals surface area contributed by atoms with Gasteiger partial charge in [0.05, 0.1) is 34.5 Å². The lowest BCUT2D eigenvalue weighted by atomic mass is 9.92. The number of halogens is 3. The lowest BCUT2D eigenvalue weighted by Gasteiger charge is -2.46. The molecule has 6 aliphatic rings. The molecule has 21 heteroatoms. The highest BCUT2D eigenvalue weighted by Gasteiger charge is 2.45. The highest BCUT2D eigenvalue weighted by Crippen LogP contribution is 2.42. The van der Waals surface area contributed by atoms with E-state index in [4.69, 9.17) is 0 Å². The molecule has 0 saturated carbocycles. The molecule has 1 aromatic carbocycles. The molecule has 1 unspecified atom stereocenters. The SMILES string of the molecule is C[C@H]1CN(C2CCN(c3ccc4c(c3)C(=O)N(C3CCC(=O)NC3=O)C4=O)CC2)CCN1c1ccc(Nc2cc(-c3ccnc(N4CCc5c(sc6c5CCCC6)C4=O)c3CO)cnc2OC(F)(F)F)nc1. The number of piperidine rings is 2. The number of thiophene rings is 1. The van der Waals surface area contributed by atoms with Gasteiger partial charge in [-0.05, 0) is 117 Å². The summed E-state index contributed by atoms with van der Waals surface area (Å²) in [7, 11) is 0. The highest BCUT2D eigenvalue weighted by molar-refractivity contribution is 7.14. The molecule has 5 amide bonds. The monoisotopic (exact) mass is 1000 g/mol. The van der Waals surface area contributed by atoms with E-state index in [9.17, 15) is 42.3 Å². The first-order chi connectivity index (χ1) is 34.7. The summed E-state index contributed by atoms with van der Waals surface area (Å²) in [6, 6.07) is 11.3. The Kier molecular flexibility index (Phi) is 12.4. The van der Waals surface area contributed by atoms with E-state index in [-0.39, 0.29) is 53.2 Å². The molecule has 72 heavy (non-hydrogen) atoms. The number of carbonyl (C=O) groups is 5. The lowest BCUT2D eigenvalue weighted by Crippen LogP contribution is -2.57. The number of fused-ring (bicyclic) bond motifs is 4. The van der Waals surface area contributed by atoms with Gasteiger partial charge in [-0.1, -0.05) is 0 Å². The van der Waals surface area contributed by atoms with Gasteiger partial charge in [0.25, 0.3) is 17.7 Å². The van der Waals surface area contributed by atoms with Gasteiger partial charge in [-0.3, -0.25) is 44.0 Å². The Bertz CT molecular complexity index is 3020. The number of carbonyl (C=O) groups excluding carboxylic acids is 5. The quantitative estimate of drug-likeness (QED) is 0.130. The topological polar surface area (TPSA) is 194 Å². The van der Waals surface area contributed by atoms with Crippen LogP contribution in [-0.2, 0) is 35.5 Å². The van der Waals surface area contributed by atoms with Gasteiger partial charge in [-0.2, -0.15) is 0 Å².